The molecule has 1 fully saturated rings. The first kappa shape index (κ1) is 18.5. The monoisotopic (exact) mass is 378 g/mol. The lowest BCUT2D eigenvalue weighted by atomic mass is 9.96. The Hall–Kier alpha value is -2.89. The number of rotatable bonds is 3. The Morgan fingerprint density at radius 3 is 2.86 bits per heavy atom. The van der Waals surface area contributed by atoms with Gasteiger partial charge in [0.1, 0.15) is 17.9 Å². The molecule has 0 unspecified atom stereocenters. The molecule has 6 heteroatoms. The second-order valence-corrected chi connectivity index (χ2v) is 7.75. The summed E-state index contributed by atoms with van der Waals surface area (Å²) >= 11 is 0. The van der Waals surface area contributed by atoms with E-state index in [1.165, 1.54) is 0 Å². The van der Waals surface area contributed by atoms with E-state index >= 15 is 0 Å². The van der Waals surface area contributed by atoms with Gasteiger partial charge in [-0.25, -0.2) is 9.97 Å². The molecule has 1 N–H and O–H groups in total. The standard InChI is InChI=1S/C22H26N4O2/c1-13-7-8-14(2)18(10-13)25-21(27)17-6-5-9-26(11-17)20-19-15(3)16(4)28-22(19)24-12-23-20/h7-8,10,12,17H,5-6,9,11H2,1-4H3,(H,25,27)/t17-/m1/s1. The van der Waals surface area contributed by atoms with Crippen molar-refractivity contribution in [2.75, 3.05) is 23.3 Å². The van der Waals surface area contributed by atoms with Gasteiger partial charge in [-0.3, -0.25) is 4.79 Å². The number of nitrogens with zero attached hydrogens (tertiary/aromatic N) is 3. The number of carbonyl (C=O) groups excluding carboxylic acids is 1. The van der Waals surface area contributed by atoms with Crippen LogP contribution in [0.2, 0.25) is 0 Å². The zero-order chi connectivity index (χ0) is 19.8. The van der Waals surface area contributed by atoms with Crippen LogP contribution >= 0.6 is 0 Å². The molecule has 4 rings (SSSR count). The van der Waals surface area contributed by atoms with Crippen molar-refractivity contribution in [2.45, 2.75) is 40.5 Å². The van der Waals surface area contributed by atoms with Crippen LogP contribution in [0.5, 0.6) is 0 Å². The van der Waals surface area contributed by atoms with E-state index in [1.54, 1.807) is 6.33 Å². The predicted octanol–water partition coefficient (Wildman–Crippen LogP) is 4.31. The number of furan rings is 1. The van der Waals surface area contributed by atoms with Gasteiger partial charge in [0.15, 0.2) is 0 Å². The van der Waals surface area contributed by atoms with E-state index < -0.39 is 0 Å². The Kier molecular flexibility index (Phi) is 4.79. The van der Waals surface area contributed by atoms with Gasteiger partial charge in [0.2, 0.25) is 11.6 Å². The normalized spacial score (nSPS) is 17.1. The average molecular weight is 378 g/mol. The summed E-state index contributed by atoms with van der Waals surface area (Å²) in [7, 11) is 0. The fourth-order valence-corrected chi connectivity index (χ4v) is 3.89. The SMILES string of the molecule is Cc1ccc(C)c(NC(=O)[C@@H]2CCCN(c3ncnc4oc(C)c(C)c34)C2)c1. The summed E-state index contributed by atoms with van der Waals surface area (Å²) in [5.74, 6) is 1.72. The average Bonchev–Trinajstić information content (AvgIpc) is 2.99. The second-order valence-electron chi connectivity index (χ2n) is 7.75. The van der Waals surface area contributed by atoms with Gasteiger partial charge in [0.05, 0.1) is 11.3 Å². The van der Waals surface area contributed by atoms with Crippen molar-refractivity contribution < 1.29 is 9.21 Å². The van der Waals surface area contributed by atoms with Crippen molar-refractivity contribution in [2.24, 2.45) is 5.92 Å². The molecule has 0 spiro atoms. The Labute approximate surface area is 165 Å². The molecule has 1 atom stereocenters. The molecule has 28 heavy (non-hydrogen) atoms. The maximum Gasteiger partial charge on any atom is 0.231 e. The van der Waals surface area contributed by atoms with Gasteiger partial charge in [-0.2, -0.15) is 0 Å². The zero-order valence-electron chi connectivity index (χ0n) is 16.9. The van der Waals surface area contributed by atoms with Gasteiger partial charge in [-0.1, -0.05) is 12.1 Å². The minimum Gasteiger partial charge on any atom is -0.443 e. The van der Waals surface area contributed by atoms with Gasteiger partial charge < -0.3 is 14.6 Å². The summed E-state index contributed by atoms with van der Waals surface area (Å²) in [6, 6.07) is 6.13. The quantitative estimate of drug-likeness (QED) is 0.735. The molecule has 1 aromatic carbocycles. The molecule has 1 saturated heterocycles. The van der Waals surface area contributed by atoms with E-state index in [1.807, 2.05) is 39.8 Å². The number of aromatic nitrogens is 2. The number of carbonyl (C=O) groups is 1. The van der Waals surface area contributed by atoms with E-state index in [0.717, 1.165) is 58.7 Å². The highest BCUT2D eigenvalue weighted by atomic mass is 16.3. The first-order chi connectivity index (χ1) is 13.4. The molecule has 3 aromatic rings. The summed E-state index contributed by atoms with van der Waals surface area (Å²) in [5, 5.41) is 4.08. The van der Waals surface area contributed by atoms with Gasteiger partial charge in [-0.15, -0.1) is 0 Å². The third-order valence-corrected chi connectivity index (χ3v) is 5.69. The number of amides is 1. The number of benzene rings is 1. The Morgan fingerprint density at radius 1 is 1.21 bits per heavy atom. The number of aryl methyl sites for hydroxylation is 4. The summed E-state index contributed by atoms with van der Waals surface area (Å²) in [6.07, 6.45) is 3.37. The highest BCUT2D eigenvalue weighted by molar-refractivity contribution is 5.94. The number of fused-ring (bicyclic) bond motifs is 1. The number of piperidine rings is 1. The number of anilines is 2. The number of hydrogen-bond acceptors (Lipinski definition) is 5. The number of nitrogens with one attached hydrogen (secondary N) is 1. The molecule has 2 aromatic heterocycles. The largest absolute Gasteiger partial charge is 0.443 e. The maximum atomic E-state index is 13.0. The van der Waals surface area contributed by atoms with Crippen LogP contribution in [0.25, 0.3) is 11.1 Å². The van der Waals surface area contributed by atoms with Crippen LogP contribution in [0, 0.1) is 33.6 Å². The van der Waals surface area contributed by atoms with Gasteiger partial charge >= 0.3 is 0 Å². The van der Waals surface area contributed by atoms with Crippen molar-refractivity contribution in [3.8, 4) is 0 Å². The molecule has 6 nitrogen and oxygen atoms in total. The van der Waals surface area contributed by atoms with Crippen LogP contribution in [0.1, 0.15) is 35.3 Å². The van der Waals surface area contributed by atoms with Crippen LogP contribution in [-0.4, -0.2) is 29.0 Å². The lowest BCUT2D eigenvalue weighted by Gasteiger charge is -2.33. The Balaban J connectivity index is 1.57. The first-order valence-electron chi connectivity index (χ1n) is 9.78. The van der Waals surface area contributed by atoms with Crippen LogP contribution < -0.4 is 10.2 Å². The molecule has 1 aliphatic heterocycles. The highest BCUT2D eigenvalue weighted by Crippen LogP contribution is 2.33. The molecular weight excluding hydrogens is 352 g/mol. The first-order valence-corrected chi connectivity index (χ1v) is 9.78. The molecule has 0 aliphatic carbocycles. The molecule has 0 bridgehead atoms. The highest BCUT2D eigenvalue weighted by Gasteiger charge is 2.29. The van der Waals surface area contributed by atoms with Crippen molar-refractivity contribution >= 4 is 28.5 Å². The summed E-state index contributed by atoms with van der Waals surface area (Å²) in [5.41, 5.74) is 4.79. The molecule has 0 saturated carbocycles. The lowest BCUT2D eigenvalue weighted by molar-refractivity contribution is -0.120. The molecule has 3 heterocycles. The van der Waals surface area contributed by atoms with E-state index in [9.17, 15) is 4.79 Å². The van der Waals surface area contributed by atoms with Crippen LogP contribution in [0.4, 0.5) is 11.5 Å². The van der Waals surface area contributed by atoms with Crippen LogP contribution in [0.3, 0.4) is 0 Å². The van der Waals surface area contributed by atoms with Gasteiger partial charge in [0, 0.05) is 24.3 Å². The molecule has 1 aliphatic rings. The smallest absolute Gasteiger partial charge is 0.231 e. The lowest BCUT2D eigenvalue weighted by Crippen LogP contribution is -2.41. The Morgan fingerprint density at radius 2 is 2.04 bits per heavy atom. The minimum absolute atomic E-state index is 0.0730. The zero-order valence-corrected chi connectivity index (χ0v) is 16.9. The predicted molar refractivity (Wildman–Crippen MR) is 111 cm³/mol. The topological polar surface area (TPSA) is 71.3 Å². The van der Waals surface area contributed by atoms with Crippen LogP contribution in [0.15, 0.2) is 28.9 Å². The van der Waals surface area contributed by atoms with Crippen molar-refractivity contribution in [1.82, 2.24) is 9.97 Å². The summed E-state index contributed by atoms with van der Waals surface area (Å²) in [4.78, 5) is 23.9. The molecular formula is C22H26N4O2. The van der Waals surface area contributed by atoms with Gasteiger partial charge in [0.25, 0.3) is 0 Å². The van der Waals surface area contributed by atoms with E-state index in [4.69, 9.17) is 4.42 Å². The fraction of sp³-hybridized carbons (Fsp3) is 0.409. The molecule has 1 amide bonds. The van der Waals surface area contributed by atoms with E-state index in [-0.39, 0.29) is 11.8 Å². The van der Waals surface area contributed by atoms with Crippen LogP contribution in [-0.2, 0) is 4.79 Å². The molecule has 0 radical (unpaired) electrons. The molecule has 146 valence electrons. The van der Waals surface area contributed by atoms with E-state index in [2.05, 4.69) is 26.3 Å². The Bertz CT molecular complexity index is 1040. The van der Waals surface area contributed by atoms with Crippen molar-refractivity contribution in [3.63, 3.8) is 0 Å². The summed E-state index contributed by atoms with van der Waals surface area (Å²) in [6.45, 7) is 9.55. The van der Waals surface area contributed by atoms with Gasteiger partial charge in [-0.05, 0) is 57.7 Å². The maximum absolute atomic E-state index is 13.0. The summed E-state index contributed by atoms with van der Waals surface area (Å²) < 4.78 is 5.75. The van der Waals surface area contributed by atoms with Crippen molar-refractivity contribution in [3.05, 3.63) is 47.0 Å². The minimum atomic E-state index is -0.0769. The second kappa shape index (κ2) is 7.26. The van der Waals surface area contributed by atoms with Crippen molar-refractivity contribution in [1.29, 1.82) is 0 Å². The third kappa shape index (κ3) is 3.35. The number of hydrogen-bond donors (Lipinski definition) is 1. The fourth-order valence-electron chi connectivity index (χ4n) is 3.89. The third-order valence-electron chi connectivity index (χ3n) is 5.69. The van der Waals surface area contributed by atoms with E-state index in [0.29, 0.717) is 12.3 Å².